The van der Waals surface area contributed by atoms with Crippen LogP contribution in [-0.2, 0) is 4.74 Å². The second-order valence-electron chi connectivity index (χ2n) is 7.94. The van der Waals surface area contributed by atoms with Crippen LogP contribution in [-0.4, -0.2) is 33.1 Å². The van der Waals surface area contributed by atoms with Crippen LogP contribution < -0.4 is 0 Å². The number of H-pyrrole nitrogens is 1. The molecular formula is C20H26BrN3O2. The molecule has 1 aromatic carbocycles. The van der Waals surface area contributed by atoms with Gasteiger partial charge in [0.05, 0.1) is 17.9 Å². The van der Waals surface area contributed by atoms with Crippen LogP contribution >= 0.6 is 15.9 Å². The fraction of sp³-hybridized carbons (Fsp3) is 0.500. The van der Waals surface area contributed by atoms with Gasteiger partial charge < -0.3 is 9.72 Å². The van der Waals surface area contributed by atoms with Crippen molar-refractivity contribution in [3.8, 4) is 11.3 Å². The largest absolute Gasteiger partial charge is 0.444 e. The molecule has 5 nitrogen and oxygen atoms in total. The van der Waals surface area contributed by atoms with Gasteiger partial charge in [0.25, 0.3) is 0 Å². The van der Waals surface area contributed by atoms with Crippen molar-refractivity contribution in [2.45, 2.75) is 59.1 Å². The molecule has 0 saturated carbocycles. The Morgan fingerprint density at radius 3 is 2.58 bits per heavy atom. The van der Waals surface area contributed by atoms with E-state index in [-0.39, 0.29) is 12.1 Å². The molecule has 1 fully saturated rings. The number of nitrogens with one attached hydrogen (secondary N) is 1. The minimum absolute atomic E-state index is 0.0590. The lowest BCUT2D eigenvalue weighted by Crippen LogP contribution is -2.36. The van der Waals surface area contributed by atoms with Crippen LogP contribution in [0.1, 0.15) is 56.6 Å². The van der Waals surface area contributed by atoms with Crippen LogP contribution in [0.2, 0.25) is 0 Å². The van der Waals surface area contributed by atoms with Gasteiger partial charge >= 0.3 is 6.09 Å². The summed E-state index contributed by atoms with van der Waals surface area (Å²) >= 11 is 3.61. The summed E-state index contributed by atoms with van der Waals surface area (Å²) in [4.78, 5) is 22.3. The number of likely N-dealkylation sites (tertiary alicyclic amines) is 1. The Morgan fingerprint density at radius 2 is 1.96 bits per heavy atom. The number of nitrogens with zero attached hydrogens (tertiary/aromatic N) is 2. The SMILES string of the molecule is Cc1cc(-c2cnc([C@@H]3CCCN3C(=O)OC(C)(C)C)[nH]2)cc(C)c1Br. The van der Waals surface area contributed by atoms with Gasteiger partial charge in [0.2, 0.25) is 0 Å². The van der Waals surface area contributed by atoms with Crippen LogP contribution in [0.3, 0.4) is 0 Å². The van der Waals surface area contributed by atoms with E-state index >= 15 is 0 Å². The van der Waals surface area contributed by atoms with Gasteiger partial charge in [-0.2, -0.15) is 0 Å². The lowest BCUT2D eigenvalue weighted by atomic mass is 10.1. The molecule has 140 valence electrons. The minimum Gasteiger partial charge on any atom is -0.444 e. The molecular weight excluding hydrogens is 394 g/mol. The zero-order chi connectivity index (χ0) is 19.1. The van der Waals surface area contributed by atoms with Gasteiger partial charge in [-0.25, -0.2) is 9.78 Å². The van der Waals surface area contributed by atoms with Gasteiger partial charge in [0.1, 0.15) is 11.4 Å². The van der Waals surface area contributed by atoms with E-state index in [9.17, 15) is 4.79 Å². The van der Waals surface area contributed by atoms with Gasteiger partial charge in [-0.15, -0.1) is 0 Å². The average Bonchev–Trinajstić information content (AvgIpc) is 3.18. The number of hydrogen-bond acceptors (Lipinski definition) is 3. The molecule has 26 heavy (non-hydrogen) atoms. The summed E-state index contributed by atoms with van der Waals surface area (Å²) in [7, 11) is 0. The second-order valence-corrected chi connectivity index (χ2v) is 8.73. The van der Waals surface area contributed by atoms with Crippen molar-refractivity contribution in [1.29, 1.82) is 0 Å². The first-order valence-corrected chi connectivity index (χ1v) is 9.76. The normalized spacial score (nSPS) is 17.6. The maximum Gasteiger partial charge on any atom is 0.410 e. The zero-order valence-corrected chi connectivity index (χ0v) is 17.6. The molecule has 0 radical (unpaired) electrons. The molecule has 6 heteroatoms. The van der Waals surface area contributed by atoms with Gasteiger partial charge in [0, 0.05) is 16.6 Å². The van der Waals surface area contributed by atoms with Crippen LogP contribution in [0.5, 0.6) is 0 Å². The Hall–Kier alpha value is -1.82. The summed E-state index contributed by atoms with van der Waals surface area (Å²) < 4.78 is 6.68. The minimum atomic E-state index is -0.495. The fourth-order valence-electron chi connectivity index (χ4n) is 3.34. The molecule has 1 saturated heterocycles. The maximum absolute atomic E-state index is 12.5. The fourth-order valence-corrected chi connectivity index (χ4v) is 3.57. The van der Waals surface area contributed by atoms with E-state index in [1.807, 2.05) is 27.0 Å². The lowest BCUT2D eigenvalue weighted by Gasteiger charge is -2.27. The number of carbonyl (C=O) groups is 1. The first kappa shape index (κ1) is 19.0. The summed E-state index contributed by atoms with van der Waals surface area (Å²) in [5, 5.41) is 0. The number of aromatic amines is 1. The smallest absolute Gasteiger partial charge is 0.410 e. The number of hydrogen-bond donors (Lipinski definition) is 1. The van der Waals surface area contributed by atoms with Crippen molar-refractivity contribution in [2.24, 2.45) is 0 Å². The molecule has 1 N–H and O–H groups in total. The van der Waals surface area contributed by atoms with Crippen LogP contribution in [0.4, 0.5) is 4.79 Å². The molecule has 2 heterocycles. The van der Waals surface area contributed by atoms with Crippen molar-refractivity contribution in [1.82, 2.24) is 14.9 Å². The number of aromatic nitrogens is 2. The van der Waals surface area contributed by atoms with E-state index in [2.05, 4.69) is 51.9 Å². The third kappa shape index (κ3) is 3.95. The molecule has 1 aliphatic rings. The Morgan fingerprint density at radius 1 is 1.31 bits per heavy atom. The first-order chi connectivity index (χ1) is 12.2. The average molecular weight is 420 g/mol. The zero-order valence-electron chi connectivity index (χ0n) is 16.0. The van der Waals surface area contributed by atoms with Crippen molar-refractivity contribution in [2.75, 3.05) is 6.54 Å². The molecule has 0 unspecified atom stereocenters. The van der Waals surface area contributed by atoms with Crippen LogP contribution in [0.25, 0.3) is 11.3 Å². The Balaban J connectivity index is 1.84. The Kier molecular flexibility index (Phi) is 5.15. The number of amides is 1. The van der Waals surface area contributed by atoms with E-state index in [1.165, 1.54) is 11.1 Å². The molecule has 0 aliphatic carbocycles. The number of benzene rings is 1. The molecule has 1 amide bonds. The van der Waals surface area contributed by atoms with Crippen molar-refractivity contribution in [3.63, 3.8) is 0 Å². The predicted octanol–water partition coefficient (Wildman–Crippen LogP) is 5.53. The number of rotatable bonds is 2. The van der Waals surface area contributed by atoms with Gasteiger partial charge in [-0.1, -0.05) is 15.9 Å². The quantitative estimate of drug-likeness (QED) is 0.695. The monoisotopic (exact) mass is 419 g/mol. The predicted molar refractivity (Wildman–Crippen MR) is 106 cm³/mol. The maximum atomic E-state index is 12.5. The number of ether oxygens (including phenoxy) is 1. The number of halogens is 1. The number of carbonyl (C=O) groups excluding carboxylic acids is 1. The van der Waals surface area contributed by atoms with E-state index in [0.29, 0.717) is 6.54 Å². The van der Waals surface area contributed by atoms with Crippen molar-refractivity contribution < 1.29 is 9.53 Å². The Labute approximate surface area is 163 Å². The molecule has 1 aromatic heterocycles. The van der Waals surface area contributed by atoms with Crippen LogP contribution in [0.15, 0.2) is 22.8 Å². The highest BCUT2D eigenvalue weighted by atomic mass is 79.9. The van der Waals surface area contributed by atoms with Crippen LogP contribution in [0, 0.1) is 13.8 Å². The topological polar surface area (TPSA) is 58.2 Å². The third-order valence-corrected chi connectivity index (χ3v) is 5.79. The second kappa shape index (κ2) is 7.06. The molecule has 3 rings (SSSR count). The summed E-state index contributed by atoms with van der Waals surface area (Å²) in [6.45, 7) is 10.5. The lowest BCUT2D eigenvalue weighted by molar-refractivity contribution is 0.0219. The standard InChI is InChI=1S/C20H26BrN3O2/c1-12-9-14(10-13(2)17(12)21)15-11-22-18(23-15)16-7-6-8-24(16)19(25)26-20(3,4)5/h9-11,16H,6-8H2,1-5H3,(H,22,23)/t16-/m0/s1. The highest BCUT2D eigenvalue weighted by molar-refractivity contribution is 9.10. The van der Waals surface area contributed by atoms with Crippen molar-refractivity contribution in [3.05, 3.63) is 39.8 Å². The van der Waals surface area contributed by atoms with Gasteiger partial charge in [-0.3, -0.25) is 4.90 Å². The molecule has 1 atom stereocenters. The molecule has 1 aliphatic heterocycles. The van der Waals surface area contributed by atoms with E-state index in [0.717, 1.165) is 34.4 Å². The van der Waals surface area contributed by atoms with Crippen molar-refractivity contribution >= 4 is 22.0 Å². The van der Waals surface area contributed by atoms with Gasteiger partial charge in [0.15, 0.2) is 0 Å². The van der Waals surface area contributed by atoms with E-state index in [4.69, 9.17) is 4.74 Å². The summed E-state index contributed by atoms with van der Waals surface area (Å²) in [6, 6.07) is 4.21. The molecule has 0 bridgehead atoms. The highest BCUT2D eigenvalue weighted by Gasteiger charge is 2.34. The summed E-state index contributed by atoms with van der Waals surface area (Å²) in [5.74, 6) is 0.821. The molecule has 2 aromatic rings. The van der Waals surface area contributed by atoms with E-state index < -0.39 is 5.60 Å². The Bertz CT molecular complexity index is 800. The third-order valence-electron chi connectivity index (χ3n) is 4.54. The summed E-state index contributed by atoms with van der Waals surface area (Å²) in [6.07, 6.45) is 3.43. The summed E-state index contributed by atoms with van der Waals surface area (Å²) in [5.41, 5.74) is 3.95. The number of aryl methyl sites for hydroxylation is 2. The highest BCUT2D eigenvalue weighted by Crippen LogP contribution is 2.33. The molecule has 0 spiro atoms. The van der Waals surface area contributed by atoms with E-state index in [1.54, 1.807) is 4.90 Å². The first-order valence-electron chi connectivity index (χ1n) is 8.97. The van der Waals surface area contributed by atoms with Gasteiger partial charge in [-0.05, 0) is 70.7 Å². The number of imidazole rings is 1.